The van der Waals surface area contributed by atoms with Gasteiger partial charge in [-0.25, -0.2) is 4.79 Å². The number of hydrogen-bond acceptors (Lipinski definition) is 4. The first-order valence-corrected chi connectivity index (χ1v) is 8.19. The van der Waals surface area contributed by atoms with Gasteiger partial charge in [0.1, 0.15) is 6.54 Å². The highest BCUT2D eigenvalue weighted by Gasteiger charge is 2.07. The van der Waals surface area contributed by atoms with E-state index in [2.05, 4.69) is 5.32 Å². The van der Waals surface area contributed by atoms with Crippen LogP contribution >= 0.6 is 0 Å². The number of carbonyl (C=O) groups excluding carboxylic acids is 1. The quantitative estimate of drug-likeness (QED) is 0.719. The Hall–Kier alpha value is -2.67. The first-order valence-electron chi connectivity index (χ1n) is 8.19. The maximum absolute atomic E-state index is 11.9. The number of nitrogens with one attached hydrogen (secondary N) is 1. The Bertz CT molecular complexity index is 811. The molecule has 134 valence electrons. The molecule has 0 aliphatic carbocycles. The van der Waals surface area contributed by atoms with Gasteiger partial charge in [-0.2, -0.15) is 0 Å². The molecule has 1 aromatic heterocycles. The lowest BCUT2D eigenvalue weighted by Crippen LogP contribution is -2.40. The van der Waals surface area contributed by atoms with Crippen molar-refractivity contribution in [2.75, 3.05) is 13.2 Å². The van der Waals surface area contributed by atoms with Crippen LogP contribution < -0.4 is 16.6 Å². The summed E-state index contributed by atoms with van der Waals surface area (Å²) < 4.78 is 7.90. The van der Waals surface area contributed by atoms with Crippen LogP contribution in [0.1, 0.15) is 25.0 Å². The van der Waals surface area contributed by atoms with Gasteiger partial charge < -0.3 is 10.1 Å². The summed E-state index contributed by atoms with van der Waals surface area (Å²) in [5.74, 6) is -0.281. The van der Waals surface area contributed by atoms with Crippen LogP contribution in [0.25, 0.3) is 0 Å². The summed E-state index contributed by atoms with van der Waals surface area (Å²) in [6, 6.07) is 11.2. The van der Waals surface area contributed by atoms with Crippen LogP contribution in [0.2, 0.25) is 0 Å². The molecule has 0 aliphatic heterocycles. The summed E-state index contributed by atoms with van der Waals surface area (Å²) in [4.78, 5) is 35.0. The molecule has 0 saturated carbocycles. The Morgan fingerprint density at radius 1 is 1.20 bits per heavy atom. The van der Waals surface area contributed by atoms with E-state index in [9.17, 15) is 14.4 Å². The van der Waals surface area contributed by atoms with E-state index in [0.29, 0.717) is 19.6 Å². The Morgan fingerprint density at radius 3 is 2.64 bits per heavy atom. The van der Waals surface area contributed by atoms with Crippen LogP contribution in [0, 0.1) is 0 Å². The first-order chi connectivity index (χ1) is 12.0. The molecule has 2 aromatic rings. The molecule has 7 nitrogen and oxygen atoms in total. The van der Waals surface area contributed by atoms with Gasteiger partial charge in [0.25, 0.3) is 5.56 Å². The molecule has 1 atom stereocenters. The van der Waals surface area contributed by atoms with Crippen LogP contribution in [0.15, 0.2) is 52.2 Å². The molecule has 7 heteroatoms. The van der Waals surface area contributed by atoms with Crippen LogP contribution in [-0.2, 0) is 23.1 Å². The molecule has 0 unspecified atom stereocenters. The molecule has 0 aliphatic rings. The molecule has 0 spiro atoms. The Labute approximate surface area is 145 Å². The molecule has 1 aromatic carbocycles. The molecule has 1 amide bonds. The molecular formula is C18H23N3O4. The second-order valence-corrected chi connectivity index (χ2v) is 5.75. The fourth-order valence-electron chi connectivity index (χ4n) is 2.33. The van der Waals surface area contributed by atoms with E-state index in [1.807, 2.05) is 37.3 Å². The summed E-state index contributed by atoms with van der Waals surface area (Å²) in [7, 11) is 1.38. The predicted octanol–water partition coefficient (Wildman–Crippen LogP) is 0.831. The summed E-state index contributed by atoms with van der Waals surface area (Å²) in [5.41, 5.74) is 0.203. The highest BCUT2D eigenvalue weighted by atomic mass is 16.5. The van der Waals surface area contributed by atoms with Gasteiger partial charge >= 0.3 is 5.69 Å². The zero-order chi connectivity index (χ0) is 18.2. The van der Waals surface area contributed by atoms with E-state index in [1.165, 1.54) is 23.9 Å². The smallest absolute Gasteiger partial charge is 0.331 e. The van der Waals surface area contributed by atoms with Crippen molar-refractivity contribution in [1.29, 1.82) is 0 Å². The Kier molecular flexibility index (Phi) is 6.71. The summed E-state index contributed by atoms with van der Waals surface area (Å²) in [5, 5.41) is 2.74. The van der Waals surface area contributed by atoms with Gasteiger partial charge in [0, 0.05) is 32.5 Å². The average molecular weight is 345 g/mol. The average Bonchev–Trinajstić information content (AvgIpc) is 2.62. The lowest BCUT2D eigenvalue weighted by atomic mass is 10.1. The third-order valence-electron chi connectivity index (χ3n) is 3.85. The standard InChI is InChI=1S/C18H23N3O4/c1-14(15-7-4-3-5-8-15)25-12-6-10-19-16(22)13-21-11-9-17(23)20(2)18(21)24/h3-5,7-9,11,14H,6,10,12-13H2,1-2H3,(H,19,22)/t14-/m0/s1. The maximum Gasteiger partial charge on any atom is 0.331 e. The van der Waals surface area contributed by atoms with E-state index < -0.39 is 11.2 Å². The SMILES string of the molecule is C[C@H](OCCCNC(=O)Cn1ccc(=O)n(C)c1=O)c1ccccc1. The molecule has 1 N–H and O–H groups in total. The van der Waals surface area contributed by atoms with Crippen LogP contribution in [-0.4, -0.2) is 28.2 Å². The van der Waals surface area contributed by atoms with Crippen LogP contribution in [0.4, 0.5) is 0 Å². The third kappa shape index (κ3) is 5.42. The molecular weight excluding hydrogens is 322 g/mol. The number of carbonyl (C=O) groups is 1. The van der Waals surface area contributed by atoms with E-state index in [4.69, 9.17) is 4.74 Å². The van der Waals surface area contributed by atoms with Gasteiger partial charge in [0.05, 0.1) is 6.10 Å². The number of ether oxygens (including phenoxy) is 1. The van der Waals surface area contributed by atoms with Crippen LogP contribution in [0.5, 0.6) is 0 Å². The monoisotopic (exact) mass is 345 g/mol. The van der Waals surface area contributed by atoms with Gasteiger partial charge in [-0.05, 0) is 18.9 Å². The second-order valence-electron chi connectivity index (χ2n) is 5.75. The minimum absolute atomic E-state index is 0.00100. The minimum atomic E-state index is -0.511. The van der Waals surface area contributed by atoms with Crippen molar-refractivity contribution in [1.82, 2.24) is 14.5 Å². The van der Waals surface area contributed by atoms with Crippen molar-refractivity contribution < 1.29 is 9.53 Å². The molecule has 0 fully saturated rings. The molecule has 2 rings (SSSR count). The Balaban J connectivity index is 1.70. The lowest BCUT2D eigenvalue weighted by Gasteiger charge is -2.13. The number of hydrogen-bond donors (Lipinski definition) is 1. The van der Waals surface area contributed by atoms with Crippen molar-refractivity contribution in [2.45, 2.75) is 26.0 Å². The number of aromatic nitrogens is 2. The fraction of sp³-hybridized carbons (Fsp3) is 0.389. The van der Waals surface area contributed by atoms with Gasteiger partial charge in [-0.15, -0.1) is 0 Å². The van der Waals surface area contributed by atoms with Crippen molar-refractivity contribution >= 4 is 5.91 Å². The van der Waals surface area contributed by atoms with Gasteiger partial charge in [0.2, 0.25) is 5.91 Å². The third-order valence-corrected chi connectivity index (χ3v) is 3.85. The van der Waals surface area contributed by atoms with Crippen molar-refractivity contribution in [3.63, 3.8) is 0 Å². The first kappa shape index (κ1) is 18.7. The molecule has 0 saturated heterocycles. The normalized spacial score (nSPS) is 11.9. The van der Waals surface area contributed by atoms with Gasteiger partial charge in [-0.3, -0.25) is 18.7 Å². The summed E-state index contributed by atoms with van der Waals surface area (Å²) in [6.45, 7) is 2.85. The van der Waals surface area contributed by atoms with Crippen molar-refractivity contribution in [3.05, 3.63) is 69.0 Å². The van der Waals surface area contributed by atoms with Gasteiger partial charge in [-0.1, -0.05) is 30.3 Å². The van der Waals surface area contributed by atoms with Crippen molar-refractivity contribution in [2.24, 2.45) is 7.05 Å². The minimum Gasteiger partial charge on any atom is -0.374 e. The number of nitrogens with zero attached hydrogens (tertiary/aromatic N) is 2. The van der Waals surface area contributed by atoms with E-state index in [-0.39, 0.29) is 18.6 Å². The molecule has 25 heavy (non-hydrogen) atoms. The topological polar surface area (TPSA) is 82.3 Å². The number of amides is 1. The summed E-state index contributed by atoms with van der Waals surface area (Å²) >= 11 is 0. The molecule has 1 heterocycles. The Morgan fingerprint density at radius 2 is 1.92 bits per heavy atom. The van der Waals surface area contributed by atoms with Gasteiger partial charge in [0.15, 0.2) is 0 Å². The fourth-order valence-corrected chi connectivity index (χ4v) is 2.33. The van der Waals surface area contributed by atoms with Crippen molar-refractivity contribution in [3.8, 4) is 0 Å². The molecule has 0 bridgehead atoms. The maximum atomic E-state index is 11.9. The van der Waals surface area contributed by atoms with E-state index in [0.717, 1.165) is 10.1 Å². The highest BCUT2D eigenvalue weighted by Crippen LogP contribution is 2.15. The zero-order valence-electron chi connectivity index (χ0n) is 14.5. The lowest BCUT2D eigenvalue weighted by molar-refractivity contribution is -0.121. The zero-order valence-corrected chi connectivity index (χ0v) is 14.5. The second kappa shape index (κ2) is 8.98. The molecule has 0 radical (unpaired) electrons. The van der Waals surface area contributed by atoms with E-state index >= 15 is 0 Å². The predicted molar refractivity (Wildman–Crippen MR) is 94.4 cm³/mol. The highest BCUT2D eigenvalue weighted by molar-refractivity contribution is 5.75. The van der Waals surface area contributed by atoms with E-state index in [1.54, 1.807) is 0 Å². The number of benzene rings is 1. The van der Waals surface area contributed by atoms with Crippen LogP contribution in [0.3, 0.4) is 0 Å². The largest absolute Gasteiger partial charge is 0.374 e. The number of rotatable bonds is 8. The summed E-state index contributed by atoms with van der Waals surface area (Å²) in [6.07, 6.45) is 2.00.